The number of nitrogens with zero attached hydrogens (tertiary/aromatic N) is 2. The number of fused-ring (bicyclic) bond motifs is 1. The Labute approximate surface area is 153 Å². The first-order chi connectivity index (χ1) is 12.7. The Balaban J connectivity index is 1.72. The number of nitrogens with one attached hydrogen (secondary N) is 1. The smallest absolute Gasteiger partial charge is 0.270 e. The quantitative estimate of drug-likeness (QED) is 0.607. The topological polar surface area (TPSA) is 63.5 Å². The molecule has 0 spiro atoms. The number of pyridine rings is 1. The first-order valence-electron chi connectivity index (χ1n) is 8.09. The van der Waals surface area contributed by atoms with Crippen molar-refractivity contribution in [1.82, 2.24) is 14.7 Å². The highest BCUT2D eigenvalue weighted by Crippen LogP contribution is 2.26. The molecule has 128 valence electrons. The summed E-state index contributed by atoms with van der Waals surface area (Å²) in [5, 5.41) is 4.94. The zero-order valence-electron chi connectivity index (χ0n) is 13.7. The van der Waals surface area contributed by atoms with E-state index in [1.165, 1.54) is 10.6 Å². The Hall–Kier alpha value is -3.25. The highest BCUT2D eigenvalue weighted by molar-refractivity contribution is 7.10. The summed E-state index contributed by atoms with van der Waals surface area (Å²) >= 11 is 1.56. The van der Waals surface area contributed by atoms with Crippen LogP contribution in [0.25, 0.3) is 5.65 Å². The number of aromatic nitrogens is 2. The molecule has 0 aliphatic carbocycles. The SMILES string of the molecule is O=C(NC(c1ccccc1)c1cccs1)c1cnc2ccccn2c1=O. The molecular formula is C20H15N3O2S. The lowest BCUT2D eigenvalue weighted by Gasteiger charge is -2.18. The number of carbonyl (C=O) groups is 1. The predicted molar refractivity (Wildman–Crippen MR) is 102 cm³/mol. The molecule has 1 unspecified atom stereocenters. The minimum Gasteiger partial charge on any atom is -0.340 e. The van der Waals surface area contributed by atoms with Crippen molar-refractivity contribution >= 4 is 22.9 Å². The van der Waals surface area contributed by atoms with Crippen molar-refractivity contribution in [3.8, 4) is 0 Å². The minimum atomic E-state index is -0.442. The molecule has 0 fully saturated rings. The molecule has 5 nitrogen and oxygen atoms in total. The molecule has 0 saturated carbocycles. The highest BCUT2D eigenvalue weighted by atomic mass is 32.1. The summed E-state index contributed by atoms with van der Waals surface area (Å²) in [6.45, 7) is 0. The van der Waals surface area contributed by atoms with Crippen molar-refractivity contribution < 1.29 is 4.79 Å². The maximum absolute atomic E-state index is 12.8. The zero-order chi connectivity index (χ0) is 17.9. The first-order valence-corrected chi connectivity index (χ1v) is 8.97. The van der Waals surface area contributed by atoms with Gasteiger partial charge in [-0.15, -0.1) is 11.3 Å². The normalized spacial score (nSPS) is 12.0. The average Bonchev–Trinajstić information content (AvgIpc) is 3.21. The van der Waals surface area contributed by atoms with Gasteiger partial charge in [-0.1, -0.05) is 42.5 Å². The molecule has 0 aliphatic heterocycles. The summed E-state index contributed by atoms with van der Waals surface area (Å²) in [6, 6.07) is 18.5. The molecule has 0 bridgehead atoms. The third kappa shape index (κ3) is 3.02. The van der Waals surface area contributed by atoms with E-state index in [4.69, 9.17) is 0 Å². The Bertz CT molecular complexity index is 1100. The molecule has 1 N–H and O–H groups in total. The molecule has 1 atom stereocenters. The number of benzene rings is 1. The van der Waals surface area contributed by atoms with Gasteiger partial charge in [-0.05, 0) is 29.1 Å². The molecule has 0 radical (unpaired) electrons. The van der Waals surface area contributed by atoms with Crippen LogP contribution in [0.3, 0.4) is 0 Å². The van der Waals surface area contributed by atoms with Crippen LogP contribution in [0.5, 0.6) is 0 Å². The van der Waals surface area contributed by atoms with E-state index >= 15 is 0 Å². The van der Waals surface area contributed by atoms with E-state index in [9.17, 15) is 9.59 Å². The van der Waals surface area contributed by atoms with Crippen molar-refractivity contribution in [3.05, 3.63) is 105 Å². The van der Waals surface area contributed by atoms with E-state index in [1.807, 2.05) is 47.8 Å². The van der Waals surface area contributed by atoms with E-state index in [-0.39, 0.29) is 17.2 Å². The summed E-state index contributed by atoms with van der Waals surface area (Å²) in [5.74, 6) is -0.442. The maximum atomic E-state index is 12.8. The molecule has 6 heteroatoms. The van der Waals surface area contributed by atoms with E-state index in [1.54, 1.807) is 35.7 Å². The molecule has 4 rings (SSSR count). The van der Waals surface area contributed by atoms with E-state index in [0.29, 0.717) is 5.65 Å². The predicted octanol–water partition coefficient (Wildman–Crippen LogP) is 3.28. The molecule has 1 amide bonds. The van der Waals surface area contributed by atoms with Crippen LogP contribution in [0, 0.1) is 0 Å². The third-order valence-electron chi connectivity index (χ3n) is 4.09. The Morgan fingerprint density at radius 1 is 1.04 bits per heavy atom. The lowest BCUT2D eigenvalue weighted by atomic mass is 10.1. The molecule has 3 heterocycles. The number of thiophene rings is 1. The second kappa shape index (κ2) is 6.93. The van der Waals surface area contributed by atoms with Gasteiger partial charge in [0.05, 0.1) is 6.04 Å². The van der Waals surface area contributed by atoms with E-state index < -0.39 is 5.91 Å². The Kier molecular flexibility index (Phi) is 4.33. The van der Waals surface area contributed by atoms with Gasteiger partial charge in [-0.2, -0.15) is 0 Å². The molecule has 26 heavy (non-hydrogen) atoms. The molecule has 3 aromatic heterocycles. The summed E-state index contributed by atoms with van der Waals surface area (Å²) in [7, 11) is 0. The molecular weight excluding hydrogens is 346 g/mol. The van der Waals surface area contributed by atoms with Crippen LogP contribution in [0.15, 0.2) is 83.2 Å². The summed E-state index contributed by atoms with van der Waals surface area (Å²) in [5.41, 5.74) is 1.10. The Morgan fingerprint density at radius 2 is 1.85 bits per heavy atom. The Morgan fingerprint density at radius 3 is 2.62 bits per heavy atom. The zero-order valence-corrected chi connectivity index (χ0v) is 14.5. The van der Waals surface area contributed by atoms with Crippen LogP contribution in [-0.2, 0) is 0 Å². The molecule has 1 aromatic carbocycles. The number of rotatable bonds is 4. The van der Waals surface area contributed by atoms with Crippen LogP contribution in [0.2, 0.25) is 0 Å². The first kappa shape index (κ1) is 16.2. The lowest BCUT2D eigenvalue weighted by molar-refractivity contribution is 0.0941. The standard InChI is InChI=1S/C20H15N3O2S/c24-19(15-13-21-17-10-4-5-11-23(17)20(15)25)22-18(16-9-6-12-26-16)14-7-2-1-3-8-14/h1-13,18H,(H,22,24). The fourth-order valence-corrected chi connectivity index (χ4v) is 3.61. The number of amides is 1. The van der Waals surface area contributed by atoms with Crippen LogP contribution in [-0.4, -0.2) is 15.3 Å². The fraction of sp³-hybridized carbons (Fsp3) is 0.0500. The summed E-state index contributed by atoms with van der Waals surface area (Å²) < 4.78 is 1.37. The monoisotopic (exact) mass is 361 g/mol. The van der Waals surface area contributed by atoms with Crippen molar-refractivity contribution in [2.24, 2.45) is 0 Å². The van der Waals surface area contributed by atoms with Gasteiger partial charge >= 0.3 is 0 Å². The van der Waals surface area contributed by atoms with Gasteiger partial charge in [-0.3, -0.25) is 14.0 Å². The van der Waals surface area contributed by atoms with E-state index in [2.05, 4.69) is 10.3 Å². The minimum absolute atomic E-state index is 0.0196. The average molecular weight is 361 g/mol. The van der Waals surface area contributed by atoms with Crippen molar-refractivity contribution in [2.75, 3.05) is 0 Å². The van der Waals surface area contributed by atoms with Gasteiger partial charge in [-0.25, -0.2) is 4.98 Å². The number of hydrogen-bond acceptors (Lipinski definition) is 4. The van der Waals surface area contributed by atoms with Crippen molar-refractivity contribution in [2.45, 2.75) is 6.04 Å². The molecule has 0 saturated heterocycles. The molecule has 4 aromatic rings. The molecule has 0 aliphatic rings. The number of carbonyl (C=O) groups excluding carboxylic acids is 1. The van der Waals surface area contributed by atoms with Crippen molar-refractivity contribution in [3.63, 3.8) is 0 Å². The van der Waals surface area contributed by atoms with Gasteiger partial charge in [0.15, 0.2) is 0 Å². The van der Waals surface area contributed by atoms with Crippen molar-refractivity contribution in [1.29, 1.82) is 0 Å². The lowest BCUT2D eigenvalue weighted by Crippen LogP contribution is -2.34. The van der Waals surface area contributed by atoms with Gasteiger partial charge in [0.25, 0.3) is 11.5 Å². The summed E-state index contributed by atoms with van der Waals surface area (Å²) in [4.78, 5) is 30.7. The summed E-state index contributed by atoms with van der Waals surface area (Å²) in [6.07, 6.45) is 2.94. The van der Waals surface area contributed by atoms with Gasteiger partial charge in [0.2, 0.25) is 0 Å². The van der Waals surface area contributed by atoms with E-state index in [0.717, 1.165) is 10.4 Å². The number of hydrogen-bond donors (Lipinski definition) is 1. The van der Waals surface area contributed by atoms with Crippen LogP contribution in [0.4, 0.5) is 0 Å². The fourth-order valence-electron chi connectivity index (χ4n) is 2.81. The highest BCUT2D eigenvalue weighted by Gasteiger charge is 2.21. The van der Waals surface area contributed by atoms with Gasteiger partial charge < -0.3 is 5.32 Å². The van der Waals surface area contributed by atoms with Gasteiger partial charge in [0.1, 0.15) is 11.2 Å². The van der Waals surface area contributed by atoms with Crippen LogP contribution < -0.4 is 10.9 Å². The second-order valence-electron chi connectivity index (χ2n) is 5.74. The maximum Gasteiger partial charge on any atom is 0.270 e. The van der Waals surface area contributed by atoms with Crippen LogP contribution in [0.1, 0.15) is 26.8 Å². The largest absolute Gasteiger partial charge is 0.340 e. The third-order valence-corrected chi connectivity index (χ3v) is 5.03. The van der Waals surface area contributed by atoms with Gasteiger partial charge in [0, 0.05) is 17.3 Å². The second-order valence-corrected chi connectivity index (χ2v) is 6.72. The van der Waals surface area contributed by atoms with Crippen LogP contribution >= 0.6 is 11.3 Å².